The highest BCUT2D eigenvalue weighted by atomic mass is 32.2. The van der Waals surface area contributed by atoms with E-state index in [1.807, 2.05) is 12.1 Å². The third-order valence-electron chi connectivity index (χ3n) is 4.62. The van der Waals surface area contributed by atoms with Crippen LogP contribution < -0.4 is 5.14 Å². The van der Waals surface area contributed by atoms with E-state index in [1.165, 1.54) is 17.2 Å². The van der Waals surface area contributed by atoms with Crippen LogP contribution in [0.4, 0.5) is 0 Å². The molecule has 22 heavy (non-hydrogen) atoms. The normalized spacial score (nSPS) is 19.9. The van der Waals surface area contributed by atoms with Gasteiger partial charge in [-0.3, -0.25) is 4.79 Å². The highest BCUT2D eigenvalue weighted by Gasteiger charge is 2.37. The van der Waals surface area contributed by atoms with E-state index in [2.05, 4.69) is 27.7 Å². The third-order valence-corrected chi connectivity index (χ3v) is 5.14. The average molecular weight is 321 g/mol. The zero-order chi connectivity index (χ0) is 16.8. The number of carbonyl (C=O) groups is 1. The van der Waals surface area contributed by atoms with E-state index in [-0.39, 0.29) is 10.8 Å². The molecule has 0 heterocycles. The summed E-state index contributed by atoms with van der Waals surface area (Å²) in [5, 5.41) is 5.94. The molecule has 2 N–H and O–H groups in total. The van der Waals surface area contributed by atoms with Gasteiger partial charge in [-0.2, -0.15) is 0 Å². The minimum absolute atomic E-state index is 0.00352. The van der Waals surface area contributed by atoms with E-state index < -0.39 is 10.0 Å². The fourth-order valence-corrected chi connectivity index (χ4v) is 3.40. The second-order valence-electron chi connectivity index (χ2n) is 7.30. The number of rotatable bonds is 3. The Hall–Kier alpha value is -1.46. The highest BCUT2D eigenvalue weighted by molar-refractivity contribution is 7.92. The van der Waals surface area contributed by atoms with Gasteiger partial charge in [-0.25, -0.2) is 13.6 Å². The van der Waals surface area contributed by atoms with Crippen LogP contribution in [0.2, 0.25) is 0 Å². The van der Waals surface area contributed by atoms with Gasteiger partial charge in [0.1, 0.15) is 0 Å². The molecule has 0 spiro atoms. The van der Waals surface area contributed by atoms with E-state index in [0.717, 1.165) is 24.5 Å². The van der Waals surface area contributed by atoms with Crippen LogP contribution >= 0.6 is 0 Å². The van der Waals surface area contributed by atoms with Crippen molar-refractivity contribution in [1.82, 2.24) is 0 Å². The van der Waals surface area contributed by atoms with E-state index in [0.29, 0.717) is 11.1 Å². The maximum absolute atomic E-state index is 11.4. The zero-order valence-electron chi connectivity index (χ0n) is 13.5. The molecule has 0 unspecified atom stereocenters. The van der Waals surface area contributed by atoms with Gasteiger partial charge in [0.25, 0.3) is 0 Å². The quantitative estimate of drug-likeness (QED) is 0.869. The first-order chi connectivity index (χ1) is 9.96. The van der Waals surface area contributed by atoms with Gasteiger partial charge in [-0.1, -0.05) is 33.8 Å². The molecule has 0 atom stereocenters. The van der Waals surface area contributed by atoms with Crippen LogP contribution in [0, 0.1) is 0 Å². The molecular formula is C17H23NO3S. The monoisotopic (exact) mass is 321 g/mol. The summed E-state index contributed by atoms with van der Waals surface area (Å²) >= 11 is 0. The number of sulfonamides is 1. The van der Waals surface area contributed by atoms with E-state index in [1.54, 1.807) is 0 Å². The molecule has 4 nitrogen and oxygen atoms in total. The second kappa shape index (κ2) is 5.32. The molecule has 0 aliphatic heterocycles. The molecule has 1 aliphatic rings. The van der Waals surface area contributed by atoms with Crippen LogP contribution in [-0.2, 0) is 20.9 Å². The molecule has 1 aliphatic carbocycles. The summed E-state index contributed by atoms with van der Waals surface area (Å²) in [7, 11) is -3.72. The maximum atomic E-state index is 11.4. The van der Waals surface area contributed by atoms with Gasteiger partial charge in [-0.05, 0) is 52.5 Å². The second-order valence-corrected chi connectivity index (χ2v) is 8.75. The lowest BCUT2D eigenvalue weighted by molar-refractivity contribution is 0.112. The Kier molecular flexibility index (Phi) is 4.09. The number of carbonyl (C=O) groups excluding carboxylic acids is 1. The van der Waals surface area contributed by atoms with Gasteiger partial charge in [0.2, 0.25) is 10.0 Å². The zero-order valence-corrected chi connectivity index (χ0v) is 14.3. The summed E-state index contributed by atoms with van der Waals surface area (Å²) in [5.74, 6) is 0. The van der Waals surface area contributed by atoms with Crippen LogP contribution in [0.3, 0.4) is 0 Å². The molecule has 0 bridgehead atoms. The van der Waals surface area contributed by atoms with E-state index in [9.17, 15) is 13.2 Å². The van der Waals surface area contributed by atoms with Gasteiger partial charge in [0.05, 0.1) is 0 Å². The molecule has 0 radical (unpaired) electrons. The Morgan fingerprint density at radius 2 is 1.45 bits per heavy atom. The summed E-state index contributed by atoms with van der Waals surface area (Å²) in [6.07, 6.45) is 4.27. The lowest BCUT2D eigenvalue weighted by Gasteiger charge is -2.42. The van der Waals surface area contributed by atoms with Gasteiger partial charge >= 0.3 is 0 Å². The van der Waals surface area contributed by atoms with Gasteiger partial charge in [0.15, 0.2) is 6.29 Å². The molecular weight excluding hydrogens is 298 g/mol. The number of hydrogen-bond acceptors (Lipinski definition) is 3. The first-order valence-corrected chi connectivity index (χ1v) is 8.92. The van der Waals surface area contributed by atoms with Crippen molar-refractivity contribution < 1.29 is 13.2 Å². The van der Waals surface area contributed by atoms with Crippen LogP contribution in [0.15, 0.2) is 17.5 Å². The molecule has 0 amide bonds. The molecule has 0 saturated heterocycles. The third kappa shape index (κ3) is 3.31. The van der Waals surface area contributed by atoms with Crippen molar-refractivity contribution in [2.24, 2.45) is 5.14 Å². The Balaban J connectivity index is 2.69. The van der Waals surface area contributed by atoms with Crippen molar-refractivity contribution in [3.8, 4) is 0 Å². The largest absolute Gasteiger partial charge is 0.298 e. The molecule has 1 aromatic rings. The SMILES string of the molecule is CC1(C)CCC(C)(C)c2cc(C=CS(N)(=O)=O)c(C=O)cc21. The first-order valence-electron chi connectivity index (χ1n) is 7.31. The molecule has 0 saturated carbocycles. The topological polar surface area (TPSA) is 77.2 Å². The van der Waals surface area contributed by atoms with Crippen molar-refractivity contribution in [1.29, 1.82) is 0 Å². The number of fused-ring (bicyclic) bond motifs is 1. The predicted molar refractivity (Wildman–Crippen MR) is 89.3 cm³/mol. The number of primary sulfonamides is 1. The Morgan fingerprint density at radius 3 is 1.86 bits per heavy atom. The summed E-state index contributed by atoms with van der Waals surface area (Å²) < 4.78 is 22.3. The smallest absolute Gasteiger partial charge is 0.231 e. The fourth-order valence-electron chi connectivity index (χ4n) is 3.06. The van der Waals surface area contributed by atoms with Crippen molar-refractivity contribution in [3.63, 3.8) is 0 Å². The van der Waals surface area contributed by atoms with E-state index >= 15 is 0 Å². The van der Waals surface area contributed by atoms with Crippen LogP contribution in [0.1, 0.15) is 67.6 Å². The molecule has 1 aromatic carbocycles. The number of benzene rings is 1. The summed E-state index contributed by atoms with van der Waals surface area (Å²) in [6, 6.07) is 3.83. The fraction of sp³-hybridized carbons (Fsp3) is 0.471. The minimum Gasteiger partial charge on any atom is -0.298 e. The summed E-state index contributed by atoms with van der Waals surface area (Å²) in [4.78, 5) is 11.4. The number of aldehydes is 1. The van der Waals surface area contributed by atoms with Crippen LogP contribution in [0.25, 0.3) is 6.08 Å². The van der Waals surface area contributed by atoms with Gasteiger partial charge in [0, 0.05) is 11.0 Å². The molecule has 0 fully saturated rings. The minimum atomic E-state index is -3.72. The van der Waals surface area contributed by atoms with Crippen molar-refractivity contribution in [3.05, 3.63) is 39.8 Å². The summed E-state index contributed by atoms with van der Waals surface area (Å²) in [6.45, 7) is 8.70. The summed E-state index contributed by atoms with van der Waals surface area (Å²) in [5.41, 5.74) is 3.42. The van der Waals surface area contributed by atoms with Crippen LogP contribution in [-0.4, -0.2) is 14.7 Å². The van der Waals surface area contributed by atoms with Crippen molar-refractivity contribution in [2.75, 3.05) is 0 Å². The average Bonchev–Trinajstić information content (AvgIpc) is 2.40. The van der Waals surface area contributed by atoms with Gasteiger partial charge < -0.3 is 0 Å². The number of hydrogen-bond donors (Lipinski definition) is 1. The molecule has 2 rings (SSSR count). The lowest BCUT2D eigenvalue weighted by Crippen LogP contribution is -2.34. The van der Waals surface area contributed by atoms with Gasteiger partial charge in [-0.15, -0.1) is 0 Å². The lowest BCUT2D eigenvalue weighted by atomic mass is 9.62. The first kappa shape index (κ1) is 16.9. The highest BCUT2D eigenvalue weighted by Crippen LogP contribution is 2.46. The van der Waals surface area contributed by atoms with Crippen molar-refractivity contribution >= 4 is 22.4 Å². The number of nitrogens with two attached hydrogens (primary N) is 1. The molecule has 5 heteroatoms. The van der Waals surface area contributed by atoms with Crippen molar-refractivity contribution in [2.45, 2.75) is 51.4 Å². The van der Waals surface area contributed by atoms with Crippen LogP contribution in [0.5, 0.6) is 0 Å². The Labute approximate surface area is 132 Å². The van der Waals surface area contributed by atoms with E-state index in [4.69, 9.17) is 5.14 Å². The predicted octanol–water partition coefficient (Wildman–Crippen LogP) is 3.11. The molecule has 0 aromatic heterocycles. The standard InChI is InChI=1S/C17H23NO3S/c1-16(2)6-7-17(3,4)15-10-13(11-19)12(9-14(15)16)5-8-22(18,20)21/h5,8-11H,6-7H2,1-4H3,(H2,18,20,21). The Morgan fingerprint density at radius 1 is 1.00 bits per heavy atom. The molecule has 120 valence electrons. The Bertz CT molecular complexity index is 743. The maximum Gasteiger partial charge on any atom is 0.231 e.